The van der Waals surface area contributed by atoms with Gasteiger partial charge in [-0.1, -0.05) is 41.9 Å². The van der Waals surface area contributed by atoms with Crippen LogP contribution in [0, 0.1) is 0 Å². The fraction of sp³-hybridized carbons (Fsp3) is 0.294. The Morgan fingerprint density at radius 2 is 1.70 bits per heavy atom. The summed E-state index contributed by atoms with van der Waals surface area (Å²) in [5.74, 6) is 0. The lowest BCUT2D eigenvalue weighted by atomic mass is 10.1. The second-order valence-electron chi connectivity index (χ2n) is 4.93. The first-order chi connectivity index (χ1) is 9.70. The van der Waals surface area contributed by atoms with E-state index in [0.717, 1.165) is 17.1 Å². The molecule has 0 radical (unpaired) electrons. The van der Waals surface area contributed by atoms with E-state index in [1.54, 1.807) is 0 Å². The fourth-order valence-corrected chi connectivity index (χ4v) is 2.54. The van der Waals surface area contributed by atoms with Gasteiger partial charge in [0.15, 0.2) is 0 Å². The molecule has 0 aliphatic carbocycles. The molecule has 0 saturated carbocycles. The summed E-state index contributed by atoms with van der Waals surface area (Å²) in [6.07, 6.45) is 0.948. The maximum Gasteiger partial charge on any atom is 0.0606 e. The van der Waals surface area contributed by atoms with Crippen LogP contribution in [0.2, 0.25) is 5.02 Å². The summed E-state index contributed by atoms with van der Waals surface area (Å²) in [6, 6.07) is 18.5. The molecule has 2 aromatic rings. The zero-order valence-corrected chi connectivity index (χ0v) is 12.4. The molecule has 0 bridgehead atoms. The minimum Gasteiger partial charge on any atom is -0.395 e. The number of hydrogen-bond acceptors (Lipinski definition) is 2. The predicted octanol–water partition coefficient (Wildman–Crippen LogP) is 3.77. The first-order valence-electron chi connectivity index (χ1n) is 6.87. The van der Waals surface area contributed by atoms with Crippen LogP contribution in [0.4, 0.5) is 5.69 Å². The minimum atomic E-state index is 0.141. The van der Waals surface area contributed by atoms with Gasteiger partial charge in [0.25, 0.3) is 0 Å². The zero-order valence-electron chi connectivity index (χ0n) is 11.7. The standard InChI is InChI=1S/C17H20ClNO/c1-14(13-15-5-3-2-4-6-15)19(11-12-20)17-9-7-16(18)8-10-17/h2-10,14,20H,11-13H2,1H3. The van der Waals surface area contributed by atoms with Crippen molar-refractivity contribution in [2.45, 2.75) is 19.4 Å². The van der Waals surface area contributed by atoms with E-state index in [4.69, 9.17) is 11.6 Å². The molecule has 0 aliphatic heterocycles. The largest absolute Gasteiger partial charge is 0.395 e. The highest BCUT2D eigenvalue weighted by Crippen LogP contribution is 2.21. The van der Waals surface area contributed by atoms with Gasteiger partial charge in [-0.25, -0.2) is 0 Å². The lowest BCUT2D eigenvalue weighted by molar-refractivity contribution is 0.298. The van der Waals surface area contributed by atoms with Crippen LogP contribution in [-0.2, 0) is 6.42 Å². The number of halogens is 1. The lowest BCUT2D eigenvalue weighted by Crippen LogP contribution is -2.36. The van der Waals surface area contributed by atoms with Crippen LogP contribution in [-0.4, -0.2) is 24.3 Å². The number of hydrogen-bond donors (Lipinski definition) is 1. The van der Waals surface area contributed by atoms with Gasteiger partial charge >= 0.3 is 0 Å². The minimum absolute atomic E-state index is 0.141. The second kappa shape index (κ2) is 7.32. The first-order valence-corrected chi connectivity index (χ1v) is 7.25. The molecular formula is C17H20ClNO. The van der Waals surface area contributed by atoms with Crippen LogP contribution in [0.15, 0.2) is 54.6 Å². The maximum absolute atomic E-state index is 9.30. The lowest BCUT2D eigenvalue weighted by Gasteiger charge is -2.31. The van der Waals surface area contributed by atoms with Crippen LogP contribution in [0.3, 0.4) is 0 Å². The van der Waals surface area contributed by atoms with Crippen molar-refractivity contribution in [3.8, 4) is 0 Å². The molecule has 0 aromatic heterocycles. The molecule has 0 saturated heterocycles. The van der Waals surface area contributed by atoms with E-state index in [0.29, 0.717) is 12.6 Å². The predicted molar refractivity (Wildman–Crippen MR) is 85.5 cm³/mol. The Morgan fingerprint density at radius 3 is 2.30 bits per heavy atom. The summed E-state index contributed by atoms with van der Waals surface area (Å²) in [6.45, 7) is 2.94. The molecule has 0 amide bonds. The van der Waals surface area contributed by atoms with E-state index in [1.807, 2.05) is 30.3 Å². The van der Waals surface area contributed by atoms with Crippen molar-refractivity contribution in [2.75, 3.05) is 18.1 Å². The van der Waals surface area contributed by atoms with Crippen molar-refractivity contribution in [3.05, 3.63) is 65.2 Å². The summed E-state index contributed by atoms with van der Waals surface area (Å²) >= 11 is 5.93. The smallest absolute Gasteiger partial charge is 0.0606 e. The zero-order chi connectivity index (χ0) is 14.4. The number of rotatable bonds is 6. The quantitative estimate of drug-likeness (QED) is 0.875. The molecule has 0 heterocycles. The topological polar surface area (TPSA) is 23.5 Å². The van der Waals surface area contributed by atoms with E-state index in [2.05, 4.69) is 36.1 Å². The third-order valence-electron chi connectivity index (χ3n) is 3.41. The molecule has 0 aliphatic rings. The molecule has 0 spiro atoms. The van der Waals surface area contributed by atoms with Gasteiger partial charge in [-0.15, -0.1) is 0 Å². The van der Waals surface area contributed by atoms with Crippen LogP contribution >= 0.6 is 11.6 Å². The van der Waals surface area contributed by atoms with Gasteiger partial charge in [0.1, 0.15) is 0 Å². The highest BCUT2D eigenvalue weighted by molar-refractivity contribution is 6.30. The Balaban J connectivity index is 2.13. The van der Waals surface area contributed by atoms with Gasteiger partial charge in [0.2, 0.25) is 0 Å². The second-order valence-corrected chi connectivity index (χ2v) is 5.37. The molecule has 2 aromatic carbocycles. The molecule has 1 atom stereocenters. The van der Waals surface area contributed by atoms with Crippen molar-refractivity contribution < 1.29 is 5.11 Å². The molecule has 3 heteroatoms. The number of anilines is 1. The van der Waals surface area contributed by atoms with E-state index in [1.165, 1.54) is 5.56 Å². The van der Waals surface area contributed by atoms with Gasteiger partial charge < -0.3 is 10.0 Å². The third-order valence-corrected chi connectivity index (χ3v) is 3.66. The van der Waals surface area contributed by atoms with Crippen molar-refractivity contribution in [1.29, 1.82) is 0 Å². The van der Waals surface area contributed by atoms with Crippen LogP contribution in [0.5, 0.6) is 0 Å². The number of aliphatic hydroxyl groups excluding tert-OH is 1. The maximum atomic E-state index is 9.30. The van der Waals surface area contributed by atoms with E-state index < -0.39 is 0 Å². The summed E-state index contributed by atoms with van der Waals surface area (Å²) in [4.78, 5) is 2.21. The van der Waals surface area contributed by atoms with E-state index in [-0.39, 0.29) is 6.61 Å². The van der Waals surface area contributed by atoms with E-state index in [9.17, 15) is 5.11 Å². The molecule has 1 N–H and O–H groups in total. The monoisotopic (exact) mass is 289 g/mol. The Hall–Kier alpha value is -1.51. The van der Waals surface area contributed by atoms with Crippen LogP contribution in [0.1, 0.15) is 12.5 Å². The number of nitrogens with zero attached hydrogens (tertiary/aromatic N) is 1. The number of aliphatic hydroxyl groups is 1. The average molecular weight is 290 g/mol. The van der Waals surface area contributed by atoms with E-state index >= 15 is 0 Å². The molecule has 20 heavy (non-hydrogen) atoms. The Bertz CT molecular complexity index is 512. The molecule has 1 unspecified atom stereocenters. The van der Waals surface area contributed by atoms with Gasteiger partial charge in [-0.05, 0) is 43.2 Å². The van der Waals surface area contributed by atoms with Crippen LogP contribution in [0.25, 0.3) is 0 Å². The summed E-state index contributed by atoms with van der Waals surface area (Å²) in [5.41, 5.74) is 2.39. The Kier molecular flexibility index (Phi) is 5.45. The molecule has 2 nitrogen and oxygen atoms in total. The van der Waals surface area contributed by atoms with Crippen molar-refractivity contribution in [1.82, 2.24) is 0 Å². The molecule has 106 valence electrons. The first kappa shape index (κ1) is 14.9. The molecule has 0 fully saturated rings. The van der Waals surface area contributed by atoms with Gasteiger partial charge in [0, 0.05) is 23.3 Å². The Morgan fingerprint density at radius 1 is 1.05 bits per heavy atom. The highest BCUT2D eigenvalue weighted by atomic mass is 35.5. The highest BCUT2D eigenvalue weighted by Gasteiger charge is 2.14. The van der Waals surface area contributed by atoms with Gasteiger partial charge in [0.05, 0.1) is 6.61 Å². The van der Waals surface area contributed by atoms with Crippen molar-refractivity contribution in [2.24, 2.45) is 0 Å². The molecule has 2 rings (SSSR count). The third kappa shape index (κ3) is 3.99. The molecular weight excluding hydrogens is 270 g/mol. The van der Waals surface area contributed by atoms with Crippen molar-refractivity contribution in [3.63, 3.8) is 0 Å². The van der Waals surface area contributed by atoms with Gasteiger partial charge in [-0.2, -0.15) is 0 Å². The van der Waals surface area contributed by atoms with Crippen LogP contribution < -0.4 is 4.90 Å². The summed E-state index contributed by atoms with van der Waals surface area (Å²) in [5, 5.41) is 10.0. The summed E-state index contributed by atoms with van der Waals surface area (Å²) < 4.78 is 0. The average Bonchev–Trinajstić information content (AvgIpc) is 2.47. The normalized spacial score (nSPS) is 12.2. The van der Waals surface area contributed by atoms with Gasteiger partial charge in [-0.3, -0.25) is 0 Å². The van der Waals surface area contributed by atoms with Crippen molar-refractivity contribution >= 4 is 17.3 Å². The SMILES string of the molecule is CC(Cc1ccccc1)N(CCO)c1ccc(Cl)cc1. The Labute approximate surface area is 125 Å². The summed E-state index contributed by atoms with van der Waals surface area (Å²) in [7, 11) is 0. The number of benzene rings is 2. The fourth-order valence-electron chi connectivity index (χ4n) is 2.41.